The summed E-state index contributed by atoms with van der Waals surface area (Å²) in [6, 6.07) is 6.45. The number of nitrogens with one attached hydrogen (secondary N) is 2. The average molecular weight is 478 g/mol. The Morgan fingerprint density at radius 3 is 2.91 bits per heavy atom. The molecule has 10 heteroatoms. The molecule has 2 atom stereocenters. The first-order valence-electron chi connectivity index (χ1n) is 12.3. The number of ether oxygens (including phenoxy) is 1. The maximum Gasteiger partial charge on any atom is 0.201 e. The minimum atomic E-state index is -0.0683. The molecule has 0 saturated carbocycles. The molecule has 1 saturated heterocycles. The van der Waals surface area contributed by atoms with Crippen LogP contribution in [0, 0.1) is 0 Å². The van der Waals surface area contributed by atoms with Gasteiger partial charge in [0.05, 0.1) is 23.5 Å². The average Bonchev–Trinajstić information content (AvgIpc) is 3.53. The van der Waals surface area contributed by atoms with Crippen LogP contribution >= 0.6 is 0 Å². The van der Waals surface area contributed by atoms with E-state index in [1.165, 1.54) is 11.9 Å². The summed E-state index contributed by atoms with van der Waals surface area (Å²) >= 11 is 0. The number of hydrogen-bond acceptors (Lipinski definition) is 8. The van der Waals surface area contributed by atoms with Gasteiger partial charge in [-0.15, -0.1) is 0 Å². The van der Waals surface area contributed by atoms with Crippen molar-refractivity contribution in [3.63, 3.8) is 0 Å². The predicted octanol–water partition coefficient (Wildman–Crippen LogP) is 3.69. The van der Waals surface area contributed by atoms with Gasteiger partial charge in [0.1, 0.15) is 18.1 Å². The summed E-state index contributed by atoms with van der Waals surface area (Å²) < 4.78 is 8.28. The first kappa shape index (κ1) is 23.5. The standard InChI is InChI=1S/C25H35N9O/c1-25(2,3)16-6-8-18-19(12-16)32-24(31-18)27-10-5-11-33(4)13-17-7-9-20(35-17)34-15-30-21-22(26)28-14-29-23(21)34/h6,8,12,14-15,17,20H,5,7,9-11,13H2,1-4H3,(H2,26,28,29)(H2,27,31,32). The lowest BCUT2D eigenvalue weighted by atomic mass is 9.87. The van der Waals surface area contributed by atoms with Gasteiger partial charge in [0.25, 0.3) is 0 Å². The highest BCUT2D eigenvalue weighted by molar-refractivity contribution is 5.81. The smallest absolute Gasteiger partial charge is 0.201 e. The Morgan fingerprint density at radius 2 is 2.09 bits per heavy atom. The van der Waals surface area contributed by atoms with Gasteiger partial charge >= 0.3 is 0 Å². The van der Waals surface area contributed by atoms with Crippen molar-refractivity contribution in [2.75, 3.05) is 37.7 Å². The number of rotatable bonds is 8. The molecular formula is C25H35N9O. The molecule has 3 aromatic heterocycles. The molecule has 186 valence electrons. The minimum absolute atomic E-state index is 0.0683. The van der Waals surface area contributed by atoms with Crippen LogP contribution in [-0.2, 0) is 10.2 Å². The third kappa shape index (κ3) is 5.08. The molecule has 1 aromatic carbocycles. The Hall–Kier alpha value is -3.24. The molecule has 1 aliphatic heterocycles. The van der Waals surface area contributed by atoms with E-state index in [0.29, 0.717) is 11.3 Å². The first-order valence-corrected chi connectivity index (χ1v) is 12.3. The second-order valence-electron chi connectivity index (χ2n) is 10.5. The molecule has 4 heterocycles. The van der Waals surface area contributed by atoms with Crippen molar-refractivity contribution >= 4 is 34.0 Å². The molecule has 0 amide bonds. The molecule has 1 aliphatic rings. The fourth-order valence-electron chi connectivity index (χ4n) is 4.66. The van der Waals surface area contributed by atoms with E-state index in [2.05, 4.69) is 81.2 Å². The summed E-state index contributed by atoms with van der Waals surface area (Å²) in [6.45, 7) is 9.39. The second-order valence-corrected chi connectivity index (χ2v) is 10.5. The number of imidazole rings is 2. The zero-order valence-corrected chi connectivity index (χ0v) is 21.0. The van der Waals surface area contributed by atoms with E-state index in [1.54, 1.807) is 6.33 Å². The van der Waals surface area contributed by atoms with Gasteiger partial charge in [-0.25, -0.2) is 19.9 Å². The van der Waals surface area contributed by atoms with Crippen molar-refractivity contribution < 1.29 is 4.74 Å². The molecule has 0 aliphatic carbocycles. The number of anilines is 2. The molecule has 4 N–H and O–H groups in total. The minimum Gasteiger partial charge on any atom is -0.382 e. The van der Waals surface area contributed by atoms with E-state index in [1.807, 2.05) is 4.57 Å². The van der Waals surface area contributed by atoms with Crippen molar-refractivity contribution in [3.05, 3.63) is 36.4 Å². The zero-order valence-electron chi connectivity index (χ0n) is 21.0. The van der Waals surface area contributed by atoms with Crippen LogP contribution in [0.4, 0.5) is 11.8 Å². The molecule has 0 radical (unpaired) electrons. The predicted molar refractivity (Wildman–Crippen MR) is 138 cm³/mol. The number of nitrogens with two attached hydrogens (primary N) is 1. The molecule has 2 unspecified atom stereocenters. The molecular weight excluding hydrogens is 442 g/mol. The van der Waals surface area contributed by atoms with Crippen molar-refractivity contribution in [1.82, 2.24) is 34.4 Å². The van der Waals surface area contributed by atoms with Crippen molar-refractivity contribution in [2.24, 2.45) is 0 Å². The molecule has 5 rings (SSSR count). The van der Waals surface area contributed by atoms with E-state index < -0.39 is 0 Å². The normalized spacial score (nSPS) is 18.8. The third-order valence-electron chi connectivity index (χ3n) is 6.65. The quantitative estimate of drug-likeness (QED) is 0.328. The maximum absolute atomic E-state index is 6.32. The number of aromatic nitrogens is 6. The summed E-state index contributed by atoms with van der Waals surface area (Å²) in [4.78, 5) is 23.1. The molecule has 35 heavy (non-hydrogen) atoms. The van der Waals surface area contributed by atoms with Crippen LogP contribution in [-0.4, -0.2) is 67.2 Å². The van der Waals surface area contributed by atoms with Gasteiger partial charge < -0.3 is 25.7 Å². The number of likely N-dealkylation sites (N-methyl/N-ethyl adjacent to an activating group) is 1. The molecule has 1 fully saturated rings. The fraction of sp³-hybridized carbons (Fsp3) is 0.520. The summed E-state index contributed by atoms with van der Waals surface area (Å²) in [5.74, 6) is 1.22. The van der Waals surface area contributed by atoms with E-state index in [4.69, 9.17) is 10.5 Å². The first-order chi connectivity index (χ1) is 16.8. The van der Waals surface area contributed by atoms with Gasteiger partial charge in [0.15, 0.2) is 11.5 Å². The van der Waals surface area contributed by atoms with Gasteiger partial charge in [0.2, 0.25) is 5.95 Å². The summed E-state index contributed by atoms with van der Waals surface area (Å²) in [5.41, 5.74) is 10.8. The van der Waals surface area contributed by atoms with E-state index in [-0.39, 0.29) is 17.7 Å². The number of aromatic amines is 1. The van der Waals surface area contributed by atoms with Crippen molar-refractivity contribution in [1.29, 1.82) is 0 Å². The van der Waals surface area contributed by atoms with Crippen LogP contribution < -0.4 is 11.1 Å². The number of fused-ring (bicyclic) bond motifs is 2. The van der Waals surface area contributed by atoms with Crippen LogP contribution in [0.5, 0.6) is 0 Å². The number of hydrogen-bond donors (Lipinski definition) is 3. The molecule has 0 bridgehead atoms. The van der Waals surface area contributed by atoms with Crippen molar-refractivity contribution in [2.45, 2.75) is 57.8 Å². The Balaban J connectivity index is 1.08. The van der Waals surface area contributed by atoms with Crippen LogP contribution in [0.25, 0.3) is 22.2 Å². The van der Waals surface area contributed by atoms with Crippen molar-refractivity contribution in [3.8, 4) is 0 Å². The lowest BCUT2D eigenvalue weighted by Gasteiger charge is -2.21. The van der Waals surface area contributed by atoms with Gasteiger partial charge in [0, 0.05) is 13.1 Å². The van der Waals surface area contributed by atoms with Crippen LogP contribution in [0.1, 0.15) is 51.8 Å². The Kier molecular flexibility index (Phi) is 6.33. The highest BCUT2D eigenvalue weighted by Crippen LogP contribution is 2.31. The summed E-state index contributed by atoms with van der Waals surface area (Å²) in [6.07, 6.45) is 6.28. The van der Waals surface area contributed by atoms with E-state index >= 15 is 0 Å². The number of nitrogens with zero attached hydrogens (tertiary/aromatic N) is 6. The largest absolute Gasteiger partial charge is 0.382 e. The van der Waals surface area contributed by atoms with Crippen LogP contribution in [0.2, 0.25) is 0 Å². The van der Waals surface area contributed by atoms with Crippen LogP contribution in [0.15, 0.2) is 30.9 Å². The topological polar surface area (TPSA) is 123 Å². The van der Waals surface area contributed by atoms with E-state index in [9.17, 15) is 0 Å². The highest BCUT2D eigenvalue weighted by atomic mass is 16.5. The third-order valence-corrected chi connectivity index (χ3v) is 6.65. The maximum atomic E-state index is 6.32. The summed E-state index contributed by atoms with van der Waals surface area (Å²) in [5, 5.41) is 3.43. The van der Waals surface area contributed by atoms with Gasteiger partial charge in [-0.05, 0) is 56.0 Å². The van der Waals surface area contributed by atoms with Crippen LogP contribution in [0.3, 0.4) is 0 Å². The number of H-pyrrole nitrogens is 1. The monoisotopic (exact) mass is 477 g/mol. The fourth-order valence-corrected chi connectivity index (χ4v) is 4.66. The zero-order chi connectivity index (χ0) is 24.6. The SMILES string of the molecule is CN(CCCNc1nc2ccc(C(C)(C)C)cc2[nH]1)CC1CCC(n2cnc3c(N)ncnc32)O1. The van der Waals surface area contributed by atoms with Gasteiger partial charge in [-0.2, -0.15) is 0 Å². The second kappa shape index (κ2) is 9.43. The molecule has 4 aromatic rings. The molecule has 10 nitrogen and oxygen atoms in total. The highest BCUT2D eigenvalue weighted by Gasteiger charge is 2.29. The Bertz CT molecular complexity index is 1310. The Morgan fingerprint density at radius 1 is 1.23 bits per heavy atom. The number of nitrogen functional groups attached to an aromatic ring is 1. The number of benzene rings is 1. The van der Waals surface area contributed by atoms with E-state index in [0.717, 1.165) is 61.5 Å². The van der Waals surface area contributed by atoms with Gasteiger partial charge in [-0.1, -0.05) is 26.8 Å². The lowest BCUT2D eigenvalue weighted by molar-refractivity contribution is -0.00843. The lowest BCUT2D eigenvalue weighted by Crippen LogP contribution is -2.30. The van der Waals surface area contributed by atoms with Gasteiger partial charge in [-0.3, -0.25) is 4.57 Å². The summed E-state index contributed by atoms with van der Waals surface area (Å²) in [7, 11) is 2.15. The Labute approximate surface area is 205 Å². The molecule has 0 spiro atoms.